The molecule has 6 heteroatoms. The number of rotatable bonds is 3. The zero-order chi connectivity index (χ0) is 13.9. The lowest BCUT2D eigenvalue weighted by molar-refractivity contribution is 0.225. The Labute approximate surface area is 122 Å². The van der Waals surface area contributed by atoms with E-state index >= 15 is 0 Å². The SMILES string of the molecule is Cc1ccc(Cl)cc1-c1nc(CN2CCNCC2)no1. The average Bonchev–Trinajstić information content (AvgIpc) is 2.91. The number of aromatic nitrogens is 2. The molecule has 1 aliphatic rings. The van der Waals surface area contributed by atoms with Crippen LogP contribution in [0, 0.1) is 6.92 Å². The Morgan fingerprint density at radius 3 is 2.95 bits per heavy atom. The van der Waals surface area contributed by atoms with Crippen molar-refractivity contribution in [1.82, 2.24) is 20.4 Å². The van der Waals surface area contributed by atoms with Crippen LogP contribution in [0.25, 0.3) is 11.5 Å². The Hall–Kier alpha value is -1.43. The largest absolute Gasteiger partial charge is 0.334 e. The summed E-state index contributed by atoms with van der Waals surface area (Å²) in [4.78, 5) is 6.79. The molecule has 0 saturated carbocycles. The van der Waals surface area contributed by atoms with E-state index in [1.165, 1.54) is 0 Å². The smallest absolute Gasteiger partial charge is 0.258 e. The highest BCUT2D eigenvalue weighted by Crippen LogP contribution is 2.25. The Kier molecular flexibility index (Phi) is 4.00. The van der Waals surface area contributed by atoms with Crippen molar-refractivity contribution in [2.24, 2.45) is 0 Å². The standard InChI is InChI=1S/C14H17ClN4O/c1-10-2-3-11(15)8-12(10)14-17-13(18-20-14)9-19-6-4-16-5-7-19/h2-3,8,16H,4-7,9H2,1H3. The Morgan fingerprint density at radius 1 is 1.35 bits per heavy atom. The molecule has 0 amide bonds. The number of hydrogen-bond donors (Lipinski definition) is 1. The van der Waals surface area contributed by atoms with Crippen LogP contribution in [0.3, 0.4) is 0 Å². The maximum absolute atomic E-state index is 6.02. The summed E-state index contributed by atoms with van der Waals surface area (Å²) in [6.45, 7) is 6.78. The van der Waals surface area contributed by atoms with Gasteiger partial charge in [0.05, 0.1) is 6.54 Å². The van der Waals surface area contributed by atoms with Crippen LogP contribution in [-0.2, 0) is 6.54 Å². The molecule has 2 aromatic rings. The normalized spacial score (nSPS) is 16.5. The quantitative estimate of drug-likeness (QED) is 0.939. The second-order valence-corrected chi connectivity index (χ2v) is 5.44. The molecule has 1 aliphatic heterocycles. The van der Waals surface area contributed by atoms with Crippen LogP contribution in [0.1, 0.15) is 11.4 Å². The van der Waals surface area contributed by atoms with Crippen molar-refractivity contribution in [2.75, 3.05) is 26.2 Å². The van der Waals surface area contributed by atoms with Gasteiger partial charge in [0.25, 0.3) is 5.89 Å². The van der Waals surface area contributed by atoms with Gasteiger partial charge < -0.3 is 9.84 Å². The number of halogens is 1. The van der Waals surface area contributed by atoms with E-state index in [-0.39, 0.29) is 0 Å². The third-order valence-corrected chi connectivity index (χ3v) is 3.71. The van der Waals surface area contributed by atoms with Crippen LogP contribution < -0.4 is 5.32 Å². The number of piperazine rings is 1. The van der Waals surface area contributed by atoms with Crippen molar-refractivity contribution in [1.29, 1.82) is 0 Å². The second-order valence-electron chi connectivity index (χ2n) is 5.00. The topological polar surface area (TPSA) is 54.2 Å². The molecule has 1 N–H and O–H groups in total. The Morgan fingerprint density at radius 2 is 2.15 bits per heavy atom. The molecule has 1 aromatic carbocycles. The van der Waals surface area contributed by atoms with E-state index in [1.807, 2.05) is 25.1 Å². The van der Waals surface area contributed by atoms with E-state index in [4.69, 9.17) is 16.1 Å². The van der Waals surface area contributed by atoms with Crippen LogP contribution in [-0.4, -0.2) is 41.2 Å². The van der Waals surface area contributed by atoms with Crippen LogP contribution in [0.15, 0.2) is 22.7 Å². The summed E-state index contributed by atoms with van der Waals surface area (Å²) < 4.78 is 5.37. The number of nitrogens with zero attached hydrogens (tertiary/aromatic N) is 3. The summed E-state index contributed by atoms with van der Waals surface area (Å²) in [6.07, 6.45) is 0. The molecule has 0 spiro atoms. The molecule has 1 aromatic heterocycles. The van der Waals surface area contributed by atoms with Gasteiger partial charge in [-0.05, 0) is 24.6 Å². The van der Waals surface area contributed by atoms with Gasteiger partial charge in [0.15, 0.2) is 5.82 Å². The lowest BCUT2D eigenvalue weighted by Crippen LogP contribution is -2.43. The van der Waals surface area contributed by atoms with E-state index in [9.17, 15) is 0 Å². The molecular weight excluding hydrogens is 276 g/mol. The summed E-state index contributed by atoms with van der Waals surface area (Å²) in [5.74, 6) is 1.26. The van der Waals surface area contributed by atoms with Crippen molar-refractivity contribution < 1.29 is 4.52 Å². The third-order valence-electron chi connectivity index (χ3n) is 3.47. The van der Waals surface area contributed by atoms with Crippen molar-refractivity contribution in [3.63, 3.8) is 0 Å². The zero-order valence-corrected chi connectivity index (χ0v) is 12.2. The van der Waals surface area contributed by atoms with E-state index in [2.05, 4.69) is 20.4 Å². The Bertz CT molecular complexity index is 593. The molecule has 3 rings (SSSR count). The first-order chi connectivity index (χ1) is 9.72. The highest BCUT2D eigenvalue weighted by atomic mass is 35.5. The van der Waals surface area contributed by atoms with E-state index < -0.39 is 0 Å². The number of benzene rings is 1. The fraction of sp³-hybridized carbons (Fsp3) is 0.429. The minimum absolute atomic E-state index is 0.537. The van der Waals surface area contributed by atoms with Gasteiger partial charge in [0, 0.05) is 36.8 Å². The predicted octanol–water partition coefficient (Wildman–Crippen LogP) is 2.10. The third kappa shape index (κ3) is 3.00. The van der Waals surface area contributed by atoms with E-state index in [1.54, 1.807) is 0 Å². The van der Waals surface area contributed by atoms with Gasteiger partial charge in [-0.3, -0.25) is 4.90 Å². The lowest BCUT2D eigenvalue weighted by Gasteiger charge is -2.25. The van der Waals surface area contributed by atoms with Crippen molar-refractivity contribution in [2.45, 2.75) is 13.5 Å². The van der Waals surface area contributed by atoms with Crippen LogP contribution in [0.4, 0.5) is 0 Å². The van der Waals surface area contributed by atoms with E-state index in [0.717, 1.165) is 49.7 Å². The van der Waals surface area contributed by atoms with Crippen LogP contribution in [0.2, 0.25) is 5.02 Å². The molecule has 0 radical (unpaired) electrons. The van der Waals surface area contributed by atoms with Gasteiger partial charge in [-0.25, -0.2) is 0 Å². The zero-order valence-electron chi connectivity index (χ0n) is 11.4. The van der Waals surface area contributed by atoms with Crippen LogP contribution in [0.5, 0.6) is 0 Å². The number of aryl methyl sites for hydroxylation is 1. The fourth-order valence-electron chi connectivity index (χ4n) is 2.32. The summed E-state index contributed by atoms with van der Waals surface area (Å²) in [7, 11) is 0. The fourth-order valence-corrected chi connectivity index (χ4v) is 2.49. The van der Waals surface area contributed by atoms with Crippen molar-refractivity contribution >= 4 is 11.6 Å². The van der Waals surface area contributed by atoms with Gasteiger partial charge in [0.1, 0.15) is 0 Å². The lowest BCUT2D eigenvalue weighted by atomic mass is 10.1. The summed E-state index contributed by atoms with van der Waals surface area (Å²) in [6, 6.07) is 5.68. The number of hydrogen-bond acceptors (Lipinski definition) is 5. The highest BCUT2D eigenvalue weighted by Gasteiger charge is 2.15. The van der Waals surface area contributed by atoms with Crippen LogP contribution >= 0.6 is 11.6 Å². The van der Waals surface area contributed by atoms with Gasteiger partial charge in [-0.2, -0.15) is 4.98 Å². The minimum Gasteiger partial charge on any atom is -0.334 e. The van der Waals surface area contributed by atoms with Crippen molar-refractivity contribution in [3.05, 3.63) is 34.6 Å². The Balaban J connectivity index is 1.77. The molecule has 2 heterocycles. The van der Waals surface area contributed by atoms with E-state index in [0.29, 0.717) is 10.9 Å². The number of nitrogens with one attached hydrogen (secondary N) is 1. The summed E-state index contributed by atoms with van der Waals surface area (Å²) in [5.41, 5.74) is 1.98. The molecule has 0 aliphatic carbocycles. The summed E-state index contributed by atoms with van der Waals surface area (Å²) in [5, 5.41) is 8.06. The monoisotopic (exact) mass is 292 g/mol. The molecule has 5 nitrogen and oxygen atoms in total. The molecular formula is C14H17ClN4O. The average molecular weight is 293 g/mol. The first kappa shape index (κ1) is 13.5. The molecule has 0 unspecified atom stereocenters. The molecule has 1 saturated heterocycles. The summed E-state index contributed by atoms with van der Waals surface area (Å²) >= 11 is 6.02. The highest BCUT2D eigenvalue weighted by molar-refractivity contribution is 6.30. The molecule has 0 bridgehead atoms. The van der Waals surface area contributed by atoms with Gasteiger partial charge in [0.2, 0.25) is 0 Å². The maximum atomic E-state index is 6.02. The van der Waals surface area contributed by atoms with Gasteiger partial charge in [-0.1, -0.05) is 22.8 Å². The molecule has 1 fully saturated rings. The molecule has 20 heavy (non-hydrogen) atoms. The van der Waals surface area contributed by atoms with Crippen molar-refractivity contribution in [3.8, 4) is 11.5 Å². The van der Waals surface area contributed by atoms with Gasteiger partial charge >= 0.3 is 0 Å². The van der Waals surface area contributed by atoms with Gasteiger partial charge in [-0.15, -0.1) is 0 Å². The minimum atomic E-state index is 0.537. The molecule has 0 atom stereocenters. The first-order valence-corrected chi connectivity index (χ1v) is 7.12. The first-order valence-electron chi connectivity index (χ1n) is 6.74. The second kappa shape index (κ2) is 5.91. The predicted molar refractivity (Wildman–Crippen MR) is 77.6 cm³/mol. The maximum Gasteiger partial charge on any atom is 0.258 e. The molecule has 106 valence electrons.